The molecule has 0 unspecified atom stereocenters. The Hall–Kier alpha value is -3.42. The van der Waals surface area contributed by atoms with Crippen LogP contribution < -0.4 is 25.0 Å². The number of anilines is 1. The third-order valence-electron chi connectivity index (χ3n) is 5.41. The highest BCUT2D eigenvalue weighted by Gasteiger charge is 2.21. The van der Waals surface area contributed by atoms with E-state index in [0.717, 1.165) is 30.2 Å². The number of guanidine groups is 1. The van der Waals surface area contributed by atoms with Crippen LogP contribution in [0.5, 0.6) is 11.5 Å². The van der Waals surface area contributed by atoms with Gasteiger partial charge in [0.05, 0.1) is 27.3 Å². The van der Waals surface area contributed by atoms with E-state index in [1.165, 1.54) is 5.69 Å². The molecule has 32 heavy (non-hydrogen) atoms. The Morgan fingerprint density at radius 2 is 1.75 bits per heavy atom. The SMILES string of the molecule is CCNC(=NCc1ccc(OC)cc1OC)NCC(=O)N1CCN(c2ccccc2)CC1. The second-order valence-electron chi connectivity index (χ2n) is 7.43. The minimum absolute atomic E-state index is 0.0744. The van der Waals surface area contributed by atoms with Crippen LogP contribution in [0.4, 0.5) is 5.69 Å². The van der Waals surface area contributed by atoms with E-state index in [4.69, 9.17) is 9.47 Å². The van der Waals surface area contributed by atoms with Gasteiger partial charge in [-0.15, -0.1) is 0 Å². The van der Waals surface area contributed by atoms with Crippen LogP contribution in [0.2, 0.25) is 0 Å². The maximum absolute atomic E-state index is 12.7. The van der Waals surface area contributed by atoms with Crippen molar-refractivity contribution in [1.29, 1.82) is 0 Å². The molecular weight excluding hydrogens is 406 g/mol. The first-order valence-electron chi connectivity index (χ1n) is 11.0. The highest BCUT2D eigenvalue weighted by Crippen LogP contribution is 2.25. The van der Waals surface area contributed by atoms with Crippen LogP contribution in [0.25, 0.3) is 0 Å². The Morgan fingerprint density at radius 1 is 1.00 bits per heavy atom. The van der Waals surface area contributed by atoms with Gasteiger partial charge in [-0.3, -0.25) is 4.79 Å². The number of amides is 1. The molecule has 2 aromatic rings. The molecule has 1 aliphatic rings. The standard InChI is InChI=1S/C24H33N5O3/c1-4-25-24(26-17-19-10-11-21(31-2)16-22(19)32-3)27-18-23(30)29-14-12-28(13-15-29)20-8-6-5-7-9-20/h5-11,16H,4,12-15,17-18H2,1-3H3,(H2,25,26,27). The Kier molecular flexibility index (Phi) is 8.60. The number of para-hydroxylation sites is 1. The molecule has 172 valence electrons. The van der Waals surface area contributed by atoms with E-state index in [0.29, 0.717) is 32.1 Å². The van der Waals surface area contributed by atoms with Crippen LogP contribution in [0.3, 0.4) is 0 Å². The van der Waals surface area contributed by atoms with E-state index in [1.807, 2.05) is 48.2 Å². The van der Waals surface area contributed by atoms with Crippen LogP contribution in [-0.2, 0) is 11.3 Å². The van der Waals surface area contributed by atoms with Gasteiger partial charge in [0.15, 0.2) is 5.96 Å². The van der Waals surface area contributed by atoms with Gasteiger partial charge in [-0.2, -0.15) is 0 Å². The molecule has 1 fully saturated rings. The largest absolute Gasteiger partial charge is 0.497 e. The number of piperazine rings is 1. The summed E-state index contributed by atoms with van der Waals surface area (Å²) in [6, 6.07) is 16.0. The zero-order valence-electron chi connectivity index (χ0n) is 19.1. The quantitative estimate of drug-likeness (QED) is 0.485. The summed E-state index contributed by atoms with van der Waals surface area (Å²) in [5, 5.41) is 6.35. The van der Waals surface area contributed by atoms with Gasteiger partial charge in [0.25, 0.3) is 0 Å². The average Bonchev–Trinajstić information content (AvgIpc) is 2.86. The lowest BCUT2D eigenvalue weighted by Crippen LogP contribution is -2.52. The zero-order chi connectivity index (χ0) is 22.8. The van der Waals surface area contributed by atoms with Crippen molar-refractivity contribution in [2.45, 2.75) is 13.5 Å². The van der Waals surface area contributed by atoms with Crippen molar-refractivity contribution in [1.82, 2.24) is 15.5 Å². The summed E-state index contributed by atoms with van der Waals surface area (Å²) in [6.45, 7) is 6.43. The Bertz CT molecular complexity index is 896. The monoisotopic (exact) mass is 439 g/mol. The van der Waals surface area contributed by atoms with E-state index >= 15 is 0 Å². The van der Waals surface area contributed by atoms with Gasteiger partial charge in [0.2, 0.25) is 5.91 Å². The summed E-state index contributed by atoms with van der Waals surface area (Å²) in [5.74, 6) is 2.13. The van der Waals surface area contributed by atoms with Crippen molar-refractivity contribution >= 4 is 17.6 Å². The molecule has 1 heterocycles. The molecule has 2 aromatic carbocycles. The Labute approximate surface area is 190 Å². The number of ether oxygens (including phenoxy) is 2. The first-order chi connectivity index (χ1) is 15.6. The van der Waals surface area contributed by atoms with Crippen molar-refractivity contribution in [3.8, 4) is 11.5 Å². The lowest BCUT2D eigenvalue weighted by Gasteiger charge is -2.36. The minimum Gasteiger partial charge on any atom is -0.497 e. The fourth-order valence-corrected chi connectivity index (χ4v) is 3.61. The van der Waals surface area contributed by atoms with Crippen molar-refractivity contribution < 1.29 is 14.3 Å². The summed E-state index contributed by atoms with van der Waals surface area (Å²) in [6.07, 6.45) is 0. The number of carbonyl (C=O) groups excluding carboxylic acids is 1. The number of hydrogen-bond donors (Lipinski definition) is 2. The predicted octanol–water partition coefficient (Wildman–Crippen LogP) is 2.11. The maximum atomic E-state index is 12.7. The van der Waals surface area contributed by atoms with Crippen molar-refractivity contribution in [3.63, 3.8) is 0 Å². The normalized spacial score (nSPS) is 14.2. The minimum atomic E-state index is 0.0744. The molecule has 2 N–H and O–H groups in total. The molecule has 0 spiro atoms. The lowest BCUT2D eigenvalue weighted by atomic mass is 10.2. The summed E-state index contributed by atoms with van der Waals surface area (Å²) in [7, 11) is 3.25. The number of methoxy groups -OCH3 is 2. The molecule has 8 nitrogen and oxygen atoms in total. The molecule has 0 atom stereocenters. The number of nitrogens with one attached hydrogen (secondary N) is 2. The summed E-state index contributed by atoms with van der Waals surface area (Å²) in [4.78, 5) is 21.6. The van der Waals surface area contributed by atoms with Crippen LogP contribution in [0, 0.1) is 0 Å². The summed E-state index contributed by atoms with van der Waals surface area (Å²) >= 11 is 0. The van der Waals surface area contributed by atoms with Crippen molar-refractivity contribution in [2.75, 3.05) is 58.4 Å². The first kappa shape index (κ1) is 23.2. The molecule has 0 bridgehead atoms. The van der Waals surface area contributed by atoms with Crippen LogP contribution in [0.1, 0.15) is 12.5 Å². The number of nitrogens with zero attached hydrogens (tertiary/aromatic N) is 3. The molecule has 0 saturated carbocycles. The van der Waals surface area contributed by atoms with Crippen LogP contribution in [0.15, 0.2) is 53.5 Å². The molecule has 1 saturated heterocycles. The van der Waals surface area contributed by atoms with Gasteiger partial charge in [-0.1, -0.05) is 18.2 Å². The number of carbonyl (C=O) groups is 1. The molecule has 1 aliphatic heterocycles. The van der Waals surface area contributed by atoms with Gasteiger partial charge in [-0.05, 0) is 31.2 Å². The van der Waals surface area contributed by atoms with E-state index in [-0.39, 0.29) is 12.5 Å². The number of hydrogen-bond acceptors (Lipinski definition) is 5. The fourth-order valence-electron chi connectivity index (χ4n) is 3.61. The lowest BCUT2D eigenvalue weighted by molar-refractivity contribution is -0.130. The molecule has 1 amide bonds. The third kappa shape index (κ3) is 6.29. The molecule has 0 aromatic heterocycles. The summed E-state index contributed by atoms with van der Waals surface area (Å²) in [5.41, 5.74) is 2.14. The maximum Gasteiger partial charge on any atom is 0.242 e. The van der Waals surface area contributed by atoms with E-state index < -0.39 is 0 Å². The highest BCUT2D eigenvalue weighted by molar-refractivity contribution is 5.86. The Balaban J connectivity index is 1.52. The van der Waals surface area contributed by atoms with Gasteiger partial charge in [0, 0.05) is 50.0 Å². The summed E-state index contributed by atoms with van der Waals surface area (Å²) < 4.78 is 10.7. The van der Waals surface area contributed by atoms with Crippen LogP contribution in [-0.4, -0.2) is 70.3 Å². The first-order valence-corrected chi connectivity index (χ1v) is 11.0. The van der Waals surface area contributed by atoms with Gasteiger partial charge in [0.1, 0.15) is 11.5 Å². The van der Waals surface area contributed by atoms with Crippen molar-refractivity contribution in [3.05, 3.63) is 54.1 Å². The third-order valence-corrected chi connectivity index (χ3v) is 5.41. The second kappa shape index (κ2) is 11.8. The predicted molar refractivity (Wildman–Crippen MR) is 128 cm³/mol. The van der Waals surface area contributed by atoms with E-state index in [1.54, 1.807) is 14.2 Å². The Morgan fingerprint density at radius 3 is 2.41 bits per heavy atom. The zero-order valence-corrected chi connectivity index (χ0v) is 19.1. The van der Waals surface area contributed by atoms with E-state index in [2.05, 4.69) is 32.7 Å². The van der Waals surface area contributed by atoms with Gasteiger partial charge in [-0.25, -0.2) is 4.99 Å². The molecular formula is C24H33N5O3. The smallest absolute Gasteiger partial charge is 0.242 e. The highest BCUT2D eigenvalue weighted by atomic mass is 16.5. The molecule has 8 heteroatoms. The van der Waals surface area contributed by atoms with Gasteiger partial charge >= 0.3 is 0 Å². The van der Waals surface area contributed by atoms with Crippen LogP contribution >= 0.6 is 0 Å². The van der Waals surface area contributed by atoms with Gasteiger partial charge < -0.3 is 29.9 Å². The number of aliphatic imine (C=N–C) groups is 1. The van der Waals surface area contributed by atoms with E-state index in [9.17, 15) is 4.79 Å². The number of benzene rings is 2. The second-order valence-corrected chi connectivity index (χ2v) is 7.43. The molecule has 3 rings (SSSR count). The van der Waals surface area contributed by atoms with Crippen molar-refractivity contribution in [2.24, 2.45) is 4.99 Å². The number of rotatable bonds is 8. The molecule has 0 aliphatic carbocycles. The topological polar surface area (TPSA) is 78.4 Å². The molecule has 0 radical (unpaired) electrons. The fraction of sp³-hybridized carbons (Fsp3) is 0.417. The average molecular weight is 440 g/mol.